The first-order valence-electron chi connectivity index (χ1n) is 8.81. The molecule has 0 atom stereocenters. The minimum atomic E-state index is -4.31. The Balaban J connectivity index is 3.24. The molecule has 1 aromatic rings. The molecular formula is C19H28N2O4S. The molecule has 7 heteroatoms. The molecule has 1 aromatic carbocycles. The Morgan fingerprint density at radius 1 is 1.19 bits per heavy atom. The van der Waals surface area contributed by atoms with Crippen molar-refractivity contribution in [1.29, 1.82) is 0 Å². The number of aryl methyl sites for hydroxylation is 1. The number of hydrogen-bond donors (Lipinski definition) is 0. The van der Waals surface area contributed by atoms with E-state index in [9.17, 15) is 18.7 Å². The zero-order valence-corrected chi connectivity index (χ0v) is 17.0. The number of carbonyl (C=O) groups excluding carboxylic acids is 1. The van der Waals surface area contributed by atoms with Crippen molar-refractivity contribution in [2.45, 2.75) is 65.2 Å². The van der Waals surface area contributed by atoms with E-state index in [0.717, 1.165) is 25.7 Å². The highest BCUT2D eigenvalue weighted by atomic mass is 32.2. The average molecular weight is 381 g/mol. The van der Waals surface area contributed by atoms with E-state index in [0.29, 0.717) is 12.2 Å². The fourth-order valence-electron chi connectivity index (χ4n) is 2.30. The van der Waals surface area contributed by atoms with Crippen molar-refractivity contribution in [3.8, 4) is 5.75 Å². The smallest absolute Gasteiger partial charge is 0.452 e. The van der Waals surface area contributed by atoms with Crippen molar-refractivity contribution < 1.29 is 22.7 Å². The van der Waals surface area contributed by atoms with Crippen LogP contribution in [0.15, 0.2) is 23.1 Å². The van der Waals surface area contributed by atoms with Gasteiger partial charge in [-0.3, -0.25) is 4.79 Å². The SMILES string of the molecule is CCCCCCOc1ccc(C)cc1S(=O)(=O)C(=[N+]=[N-])C(=O)C(C)(C)C. The van der Waals surface area contributed by atoms with E-state index in [1.165, 1.54) is 6.07 Å². The quantitative estimate of drug-likeness (QED) is 0.224. The van der Waals surface area contributed by atoms with Crippen molar-refractivity contribution in [3.63, 3.8) is 0 Å². The number of sulfone groups is 1. The number of carbonyl (C=O) groups is 1. The van der Waals surface area contributed by atoms with Crippen molar-refractivity contribution in [2.75, 3.05) is 6.61 Å². The molecule has 0 spiro atoms. The Morgan fingerprint density at radius 2 is 1.85 bits per heavy atom. The minimum Gasteiger partial charge on any atom is -0.492 e. The first-order valence-corrected chi connectivity index (χ1v) is 10.3. The van der Waals surface area contributed by atoms with Crippen LogP contribution < -0.4 is 4.74 Å². The van der Waals surface area contributed by atoms with Crippen LogP contribution in [0.5, 0.6) is 5.75 Å². The lowest BCUT2D eigenvalue weighted by atomic mass is 9.91. The Bertz CT molecular complexity index is 801. The van der Waals surface area contributed by atoms with Crippen molar-refractivity contribution >= 4 is 20.7 Å². The summed E-state index contributed by atoms with van der Waals surface area (Å²) in [5, 5.41) is -0.869. The number of ether oxygens (including phenoxy) is 1. The number of ketones is 1. The Hall–Kier alpha value is -1.98. The maximum atomic E-state index is 13.0. The van der Waals surface area contributed by atoms with Gasteiger partial charge in [0.2, 0.25) is 0 Å². The summed E-state index contributed by atoms with van der Waals surface area (Å²) in [5.41, 5.74) is 8.93. The molecule has 0 aromatic heterocycles. The van der Waals surface area contributed by atoms with Crippen LogP contribution in [0, 0.1) is 12.3 Å². The van der Waals surface area contributed by atoms with Gasteiger partial charge in [0.25, 0.3) is 15.6 Å². The second kappa shape index (κ2) is 9.10. The molecule has 0 aliphatic carbocycles. The monoisotopic (exact) mass is 380 g/mol. The Labute approximate surface area is 156 Å². The molecule has 0 fully saturated rings. The highest BCUT2D eigenvalue weighted by molar-refractivity contribution is 8.08. The minimum absolute atomic E-state index is 0.154. The highest BCUT2D eigenvalue weighted by Crippen LogP contribution is 2.29. The van der Waals surface area contributed by atoms with E-state index in [1.54, 1.807) is 39.8 Å². The van der Waals surface area contributed by atoms with Crippen LogP contribution in [0.1, 0.15) is 58.9 Å². The van der Waals surface area contributed by atoms with Gasteiger partial charge in [0, 0.05) is 5.41 Å². The van der Waals surface area contributed by atoms with Gasteiger partial charge in [-0.1, -0.05) is 53.0 Å². The summed E-state index contributed by atoms with van der Waals surface area (Å²) in [7, 11) is -4.31. The van der Waals surface area contributed by atoms with E-state index in [-0.39, 0.29) is 10.6 Å². The van der Waals surface area contributed by atoms with Gasteiger partial charge in [-0.2, -0.15) is 0 Å². The number of rotatable bonds is 8. The predicted molar refractivity (Wildman–Crippen MR) is 101 cm³/mol. The molecule has 0 N–H and O–H groups in total. The Kier molecular flexibility index (Phi) is 7.72. The molecule has 1 rings (SSSR count). The lowest BCUT2D eigenvalue weighted by Crippen LogP contribution is -2.35. The van der Waals surface area contributed by atoms with E-state index in [1.807, 2.05) is 0 Å². The van der Waals surface area contributed by atoms with E-state index in [2.05, 4.69) is 11.7 Å². The van der Waals surface area contributed by atoms with E-state index >= 15 is 0 Å². The third-order valence-corrected chi connectivity index (χ3v) is 5.54. The lowest BCUT2D eigenvalue weighted by molar-refractivity contribution is -0.123. The zero-order valence-electron chi connectivity index (χ0n) is 16.2. The van der Waals surface area contributed by atoms with Crippen molar-refractivity contribution in [1.82, 2.24) is 0 Å². The number of unbranched alkanes of at least 4 members (excludes halogenated alkanes) is 3. The molecule has 0 saturated heterocycles. The molecule has 0 amide bonds. The summed E-state index contributed by atoms with van der Waals surface area (Å²) < 4.78 is 31.6. The number of nitrogens with zero attached hydrogens (tertiary/aromatic N) is 2. The highest BCUT2D eigenvalue weighted by Gasteiger charge is 2.44. The second-order valence-corrected chi connectivity index (χ2v) is 9.18. The molecule has 0 heterocycles. The third-order valence-electron chi connectivity index (χ3n) is 3.86. The number of hydrogen-bond acceptors (Lipinski definition) is 4. The van der Waals surface area contributed by atoms with Crippen LogP contribution >= 0.6 is 0 Å². The van der Waals surface area contributed by atoms with Gasteiger partial charge >= 0.3 is 5.04 Å². The van der Waals surface area contributed by atoms with Crippen molar-refractivity contribution in [2.24, 2.45) is 5.41 Å². The maximum absolute atomic E-state index is 13.0. The van der Waals surface area contributed by atoms with Gasteiger partial charge in [0.05, 0.1) is 6.61 Å². The predicted octanol–water partition coefficient (Wildman–Crippen LogP) is 3.97. The summed E-state index contributed by atoms with van der Waals surface area (Å²) in [6, 6.07) is 4.73. The average Bonchev–Trinajstić information content (AvgIpc) is 2.55. The van der Waals surface area contributed by atoms with E-state index < -0.39 is 26.1 Å². The summed E-state index contributed by atoms with van der Waals surface area (Å²) in [6.07, 6.45) is 3.98. The van der Waals surface area contributed by atoms with E-state index in [4.69, 9.17) is 4.74 Å². The normalized spacial score (nSPS) is 11.7. The van der Waals surface area contributed by atoms with Crippen LogP contribution in [0.4, 0.5) is 0 Å². The largest absolute Gasteiger partial charge is 0.492 e. The first kappa shape index (κ1) is 22.1. The summed E-state index contributed by atoms with van der Waals surface area (Å²) >= 11 is 0. The van der Waals surface area contributed by atoms with Crippen molar-refractivity contribution in [3.05, 3.63) is 29.3 Å². The molecule has 144 valence electrons. The van der Waals surface area contributed by atoms with Crippen LogP contribution in [0.25, 0.3) is 5.53 Å². The molecular weight excluding hydrogens is 352 g/mol. The fraction of sp³-hybridized carbons (Fsp3) is 0.579. The molecule has 0 aliphatic rings. The molecule has 0 radical (unpaired) electrons. The number of benzene rings is 1. The van der Waals surface area contributed by atoms with Gasteiger partial charge in [-0.25, -0.2) is 8.42 Å². The fourth-order valence-corrected chi connectivity index (χ4v) is 3.90. The van der Waals surface area contributed by atoms with Gasteiger partial charge in [-0.05, 0) is 31.0 Å². The maximum Gasteiger partial charge on any atom is 0.452 e. The molecule has 6 nitrogen and oxygen atoms in total. The molecule has 0 aliphatic heterocycles. The number of Topliss-reactive ketones (excluding diaryl/α,β-unsaturated/α-hetero) is 1. The second-order valence-electron chi connectivity index (χ2n) is 7.35. The summed E-state index contributed by atoms with van der Waals surface area (Å²) in [4.78, 5) is 15.1. The first-order chi connectivity index (χ1) is 12.1. The van der Waals surface area contributed by atoms with Gasteiger partial charge < -0.3 is 10.3 Å². The summed E-state index contributed by atoms with van der Waals surface area (Å²) in [6.45, 7) is 8.93. The third kappa shape index (κ3) is 5.51. The van der Waals surface area contributed by atoms with Crippen LogP contribution in [0.2, 0.25) is 0 Å². The molecule has 0 saturated carbocycles. The van der Waals surface area contributed by atoms with Gasteiger partial charge in [0.1, 0.15) is 10.6 Å². The van der Waals surface area contributed by atoms with Gasteiger partial charge in [0.15, 0.2) is 0 Å². The van der Waals surface area contributed by atoms with Crippen LogP contribution in [-0.2, 0) is 14.6 Å². The standard InChI is InChI=1S/C19H28N2O4S/c1-6-7-8-9-12-25-15-11-10-14(2)13-16(15)26(23,24)18(21-20)17(22)19(3,4)5/h10-11,13H,6-9,12H2,1-5H3. The zero-order chi connectivity index (χ0) is 20.0. The lowest BCUT2D eigenvalue weighted by Gasteiger charge is -2.15. The van der Waals surface area contributed by atoms with Crippen LogP contribution in [0.3, 0.4) is 0 Å². The summed E-state index contributed by atoms with van der Waals surface area (Å²) in [5.74, 6) is -0.592. The van der Waals surface area contributed by atoms with Crippen LogP contribution in [-0.4, -0.2) is 30.6 Å². The molecule has 26 heavy (non-hydrogen) atoms. The molecule has 0 unspecified atom stereocenters. The Morgan fingerprint density at radius 3 is 2.38 bits per heavy atom. The molecule has 0 bridgehead atoms. The van der Waals surface area contributed by atoms with Gasteiger partial charge in [-0.15, -0.1) is 4.79 Å². The topological polar surface area (TPSA) is 96.8 Å².